The zero-order chi connectivity index (χ0) is 36.7. The number of carbonyl (C=O) groups is 5. The molecule has 15 heteroatoms. The first-order valence-corrected chi connectivity index (χ1v) is 18.0. The lowest BCUT2D eigenvalue weighted by Crippen LogP contribution is -2.60. The van der Waals surface area contributed by atoms with Crippen LogP contribution in [0.2, 0.25) is 0 Å². The summed E-state index contributed by atoms with van der Waals surface area (Å²) >= 11 is 0. The number of hydrogen-bond acceptors (Lipinski definition) is 9. The van der Waals surface area contributed by atoms with Crippen molar-refractivity contribution in [2.24, 2.45) is 11.3 Å². The quantitative estimate of drug-likeness (QED) is 0.265. The van der Waals surface area contributed by atoms with E-state index in [0.717, 1.165) is 11.1 Å². The molecule has 1 saturated heterocycles. The molecule has 2 saturated carbocycles. The van der Waals surface area contributed by atoms with E-state index in [0.29, 0.717) is 18.5 Å². The molecule has 5 amide bonds. The van der Waals surface area contributed by atoms with Crippen molar-refractivity contribution < 1.29 is 41.9 Å². The van der Waals surface area contributed by atoms with Gasteiger partial charge >= 0.3 is 12.2 Å². The first-order valence-electron chi connectivity index (χ1n) is 16.4. The van der Waals surface area contributed by atoms with E-state index < -0.39 is 85.8 Å². The number of carbonyl (C=O) groups excluding carboxylic acids is 5. The second-order valence-corrected chi connectivity index (χ2v) is 17.4. The Bertz CT molecular complexity index is 1610. The number of alkyl carbamates (subject to hydrolysis) is 1. The van der Waals surface area contributed by atoms with E-state index in [2.05, 4.69) is 27.3 Å². The molecule has 0 spiro atoms. The highest BCUT2D eigenvalue weighted by Crippen LogP contribution is 2.45. The summed E-state index contributed by atoms with van der Waals surface area (Å²) in [5.74, 6) is -2.82. The summed E-state index contributed by atoms with van der Waals surface area (Å²) in [6.45, 7) is 17.6. The molecule has 1 aliphatic heterocycles. The molecule has 3 aliphatic rings. The minimum Gasteiger partial charge on any atom is -0.444 e. The SMILES string of the molecule is C=CC1C[C@]1(NC(=O)[C@@H]1C[C@@H](OC(=O)Nc2cc(C)cc(C)c2)CN1C(=O)[C@@H](NC(=O)OC(C)(C)C)C(C)(C)C)C(=O)NS(=O)(=O)C1CC1. The number of aryl methyl sites for hydroxylation is 2. The molecule has 49 heavy (non-hydrogen) atoms. The molecule has 270 valence electrons. The third-order valence-electron chi connectivity index (χ3n) is 8.61. The molecular weight excluding hydrogens is 654 g/mol. The highest BCUT2D eigenvalue weighted by atomic mass is 32.2. The predicted octanol–water partition coefficient (Wildman–Crippen LogP) is 3.43. The zero-order valence-electron chi connectivity index (χ0n) is 29.5. The van der Waals surface area contributed by atoms with Crippen LogP contribution in [0.15, 0.2) is 30.9 Å². The van der Waals surface area contributed by atoms with Crippen LogP contribution in [-0.2, 0) is 33.9 Å². The molecule has 0 radical (unpaired) electrons. The van der Waals surface area contributed by atoms with Crippen molar-refractivity contribution in [1.29, 1.82) is 0 Å². The Hall–Kier alpha value is -4.14. The fraction of sp³-hybridized carbons (Fsp3) is 0.618. The molecule has 1 heterocycles. The average molecular weight is 704 g/mol. The third-order valence-corrected chi connectivity index (χ3v) is 10.4. The highest BCUT2D eigenvalue weighted by molar-refractivity contribution is 7.91. The van der Waals surface area contributed by atoms with E-state index in [1.54, 1.807) is 53.7 Å². The maximum Gasteiger partial charge on any atom is 0.411 e. The van der Waals surface area contributed by atoms with Gasteiger partial charge in [-0.25, -0.2) is 18.0 Å². The van der Waals surface area contributed by atoms with Crippen molar-refractivity contribution in [3.63, 3.8) is 0 Å². The number of benzene rings is 1. The molecule has 2 aliphatic carbocycles. The summed E-state index contributed by atoms with van der Waals surface area (Å²) in [4.78, 5) is 68.7. The van der Waals surface area contributed by atoms with Crippen molar-refractivity contribution in [2.45, 2.75) is 116 Å². The van der Waals surface area contributed by atoms with Crippen molar-refractivity contribution >= 4 is 45.6 Å². The van der Waals surface area contributed by atoms with Crippen molar-refractivity contribution in [2.75, 3.05) is 11.9 Å². The molecule has 1 aromatic rings. The second kappa shape index (κ2) is 13.6. The molecule has 1 aromatic carbocycles. The van der Waals surface area contributed by atoms with Gasteiger partial charge in [0.1, 0.15) is 29.3 Å². The van der Waals surface area contributed by atoms with E-state index in [-0.39, 0.29) is 19.4 Å². The van der Waals surface area contributed by atoms with Gasteiger partial charge in [-0.1, -0.05) is 32.9 Å². The number of nitrogens with one attached hydrogen (secondary N) is 4. The number of amides is 5. The monoisotopic (exact) mass is 703 g/mol. The molecule has 3 fully saturated rings. The van der Waals surface area contributed by atoms with Gasteiger partial charge in [0.15, 0.2) is 0 Å². The summed E-state index contributed by atoms with van der Waals surface area (Å²) in [6.07, 6.45) is -0.241. The fourth-order valence-corrected chi connectivity index (χ4v) is 7.34. The Morgan fingerprint density at radius 2 is 1.61 bits per heavy atom. The standard InChI is InChI=1S/C34H49N5O9S/c1-10-21-17-34(21,29(42)38-49(45,46)24-11-12-24)37-27(40)25-16-23(47-30(43)35-22-14-19(2)13-20(3)15-22)18-39(25)28(41)26(32(4,5)6)36-31(44)48-33(7,8)9/h10,13-15,21,23-26H,1,11-12,16-18H2,2-9H3,(H,35,43)(H,36,44)(H,37,40)(H,38,42)/t21?,23-,25+,26-,34-/m1/s1. The normalized spacial score (nSPS) is 24.2. The number of sulfonamides is 1. The van der Waals surface area contributed by atoms with Gasteiger partial charge in [0.05, 0.1) is 11.8 Å². The van der Waals surface area contributed by atoms with E-state index >= 15 is 0 Å². The van der Waals surface area contributed by atoms with Crippen LogP contribution in [0.1, 0.15) is 78.4 Å². The number of ether oxygens (including phenoxy) is 2. The summed E-state index contributed by atoms with van der Waals surface area (Å²) in [5.41, 5.74) is -0.922. The summed E-state index contributed by atoms with van der Waals surface area (Å²) in [7, 11) is -3.91. The molecule has 5 atom stereocenters. The van der Waals surface area contributed by atoms with Crippen LogP contribution in [0.3, 0.4) is 0 Å². The van der Waals surface area contributed by atoms with E-state index in [9.17, 15) is 32.4 Å². The fourth-order valence-electron chi connectivity index (χ4n) is 5.98. The van der Waals surface area contributed by atoms with Crippen LogP contribution in [0.25, 0.3) is 0 Å². The molecule has 4 rings (SSSR count). The molecule has 1 unspecified atom stereocenters. The van der Waals surface area contributed by atoms with Gasteiger partial charge in [-0.2, -0.15) is 0 Å². The Morgan fingerprint density at radius 3 is 2.12 bits per heavy atom. The first kappa shape index (κ1) is 37.7. The van der Waals surface area contributed by atoms with Crippen LogP contribution < -0.4 is 20.7 Å². The van der Waals surface area contributed by atoms with E-state index in [1.807, 2.05) is 19.9 Å². The van der Waals surface area contributed by atoms with Gasteiger partial charge in [0.2, 0.25) is 21.8 Å². The smallest absolute Gasteiger partial charge is 0.411 e. The van der Waals surface area contributed by atoms with Crippen LogP contribution in [0.5, 0.6) is 0 Å². The minimum atomic E-state index is -3.91. The van der Waals surface area contributed by atoms with Gasteiger partial charge in [-0.3, -0.25) is 24.4 Å². The molecule has 0 aromatic heterocycles. The lowest BCUT2D eigenvalue weighted by molar-refractivity contribution is -0.143. The topological polar surface area (TPSA) is 189 Å². The van der Waals surface area contributed by atoms with Gasteiger partial charge in [0, 0.05) is 18.0 Å². The molecule has 4 N–H and O–H groups in total. The number of nitrogens with zero attached hydrogens (tertiary/aromatic N) is 1. The Morgan fingerprint density at radius 1 is 1.00 bits per heavy atom. The Labute approximate surface area is 288 Å². The Balaban J connectivity index is 1.59. The van der Waals surface area contributed by atoms with Crippen LogP contribution in [-0.4, -0.2) is 84.3 Å². The first-order chi connectivity index (χ1) is 22.5. The van der Waals surface area contributed by atoms with E-state index in [1.165, 1.54) is 11.0 Å². The third kappa shape index (κ3) is 9.31. The molecular formula is C34H49N5O9S. The summed E-state index contributed by atoms with van der Waals surface area (Å²) < 4.78 is 38.4. The van der Waals surface area contributed by atoms with Gasteiger partial charge < -0.3 is 25.0 Å². The summed E-state index contributed by atoms with van der Waals surface area (Å²) in [6, 6.07) is 3.08. The van der Waals surface area contributed by atoms with Crippen LogP contribution >= 0.6 is 0 Å². The highest BCUT2D eigenvalue weighted by Gasteiger charge is 2.62. The average Bonchev–Trinajstić information content (AvgIpc) is 3.86. The second-order valence-electron chi connectivity index (χ2n) is 15.4. The minimum absolute atomic E-state index is 0.109. The molecule has 14 nitrogen and oxygen atoms in total. The number of likely N-dealkylation sites (tertiary alicyclic amines) is 1. The predicted molar refractivity (Wildman–Crippen MR) is 182 cm³/mol. The number of anilines is 1. The van der Waals surface area contributed by atoms with Gasteiger partial charge in [-0.15, -0.1) is 6.58 Å². The van der Waals surface area contributed by atoms with Crippen molar-refractivity contribution in [3.8, 4) is 0 Å². The largest absolute Gasteiger partial charge is 0.444 e. The maximum absolute atomic E-state index is 14.3. The maximum atomic E-state index is 14.3. The van der Waals surface area contributed by atoms with Crippen LogP contribution in [0, 0.1) is 25.2 Å². The van der Waals surface area contributed by atoms with Crippen molar-refractivity contribution in [3.05, 3.63) is 42.0 Å². The van der Waals surface area contributed by atoms with Gasteiger partial charge in [0.25, 0.3) is 5.91 Å². The molecule has 0 bridgehead atoms. The lowest BCUT2D eigenvalue weighted by atomic mass is 9.85. The lowest BCUT2D eigenvalue weighted by Gasteiger charge is -2.36. The summed E-state index contributed by atoms with van der Waals surface area (Å²) in [5, 5.41) is 7.37. The van der Waals surface area contributed by atoms with Gasteiger partial charge in [-0.05, 0) is 82.6 Å². The number of rotatable bonds is 10. The van der Waals surface area contributed by atoms with E-state index in [4.69, 9.17) is 9.47 Å². The number of hydrogen-bond donors (Lipinski definition) is 4. The van der Waals surface area contributed by atoms with Crippen LogP contribution in [0.4, 0.5) is 15.3 Å². The Kier molecular flexibility index (Phi) is 10.5. The zero-order valence-corrected chi connectivity index (χ0v) is 30.3. The van der Waals surface area contributed by atoms with Crippen molar-refractivity contribution in [1.82, 2.24) is 20.3 Å².